The van der Waals surface area contributed by atoms with Gasteiger partial charge in [0, 0.05) is 57.2 Å². The second-order valence-corrected chi connectivity index (χ2v) is 9.24. The van der Waals surface area contributed by atoms with E-state index in [4.69, 9.17) is 9.97 Å². The highest BCUT2D eigenvalue weighted by Gasteiger charge is 2.31. The van der Waals surface area contributed by atoms with Gasteiger partial charge in [0.2, 0.25) is 5.95 Å². The fourth-order valence-electron chi connectivity index (χ4n) is 5.17. The zero-order chi connectivity index (χ0) is 18.9. The maximum absolute atomic E-state index is 10.6. The summed E-state index contributed by atoms with van der Waals surface area (Å²) in [5.41, 5.74) is 2.52. The lowest BCUT2D eigenvalue weighted by atomic mass is 9.83. The van der Waals surface area contributed by atoms with E-state index in [-0.39, 0.29) is 6.23 Å². The number of aromatic nitrogens is 2. The number of fused-ring (bicyclic) bond motifs is 1. The molecule has 2 saturated carbocycles. The summed E-state index contributed by atoms with van der Waals surface area (Å²) in [7, 11) is 0. The Balaban J connectivity index is 1.20. The highest BCUT2D eigenvalue weighted by Crippen LogP contribution is 2.32. The quantitative estimate of drug-likeness (QED) is 0.856. The molecular weight excluding hydrogens is 350 g/mol. The molecule has 1 saturated heterocycles. The van der Waals surface area contributed by atoms with E-state index in [0.717, 1.165) is 70.5 Å². The summed E-state index contributed by atoms with van der Waals surface area (Å²) in [6, 6.07) is 0.845. The second-order valence-electron chi connectivity index (χ2n) is 9.24. The van der Waals surface area contributed by atoms with Crippen molar-refractivity contribution in [3.8, 4) is 0 Å². The first kappa shape index (κ1) is 18.8. The van der Waals surface area contributed by atoms with Crippen LogP contribution >= 0.6 is 0 Å². The molecule has 1 atom stereocenters. The summed E-state index contributed by atoms with van der Waals surface area (Å²) >= 11 is 0. The van der Waals surface area contributed by atoms with Gasteiger partial charge in [-0.3, -0.25) is 9.80 Å². The number of rotatable bonds is 4. The van der Waals surface area contributed by atoms with Crippen molar-refractivity contribution in [2.24, 2.45) is 5.92 Å². The van der Waals surface area contributed by atoms with Gasteiger partial charge in [0.25, 0.3) is 0 Å². The third-order valence-electron chi connectivity index (χ3n) is 7.60. The first-order valence-corrected chi connectivity index (χ1v) is 11.5. The van der Waals surface area contributed by atoms with Crippen LogP contribution in [0, 0.1) is 5.92 Å². The van der Waals surface area contributed by atoms with Gasteiger partial charge >= 0.3 is 0 Å². The molecule has 2 aliphatic heterocycles. The zero-order valence-corrected chi connectivity index (χ0v) is 17.1. The van der Waals surface area contributed by atoms with E-state index < -0.39 is 0 Å². The average Bonchev–Trinajstić information content (AvgIpc) is 2.60. The molecular formula is C22H35N5O. The number of aliphatic hydroxyl groups excluding tert-OH is 1. The summed E-state index contributed by atoms with van der Waals surface area (Å²) in [5.74, 6) is 1.43. The van der Waals surface area contributed by atoms with Crippen molar-refractivity contribution < 1.29 is 5.11 Å². The van der Waals surface area contributed by atoms with Gasteiger partial charge in [0.05, 0.1) is 0 Å². The molecule has 1 unspecified atom stereocenters. The van der Waals surface area contributed by atoms with Crippen molar-refractivity contribution in [3.63, 3.8) is 0 Å². The molecule has 1 N–H and O–H groups in total. The molecule has 1 aromatic rings. The monoisotopic (exact) mass is 385 g/mol. The van der Waals surface area contributed by atoms with E-state index in [1.165, 1.54) is 49.8 Å². The van der Waals surface area contributed by atoms with E-state index in [0.29, 0.717) is 5.92 Å². The first-order chi connectivity index (χ1) is 13.8. The largest absolute Gasteiger partial charge is 0.378 e. The van der Waals surface area contributed by atoms with Gasteiger partial charge in [-0.25, -0.2) is 9.97 Å². The molecule has 6 heteroatoms. The van der Waals surface area contributed by atoms with Gasteiger partial charge in [-0.05, 0) is 56.4 Å². The number of aryl methyl sites for hydroxylation is 1. The third kappa shape index (κ3) is 3.79. The van der Waals surface area contributed by atoms with Crippen molar-refractivity contribution in [3.05, 3.63) is 17.5 Å². The molecule has 4 aliphatic rings. The van der Waals surface area contributed by atoms with Crippen molar-refractivity contribution in [2.75, 3.05) is 44.2 Å². The fraction of sp³-hybridized carbons (Fsp3) is 0.818. The highest BCUT2D eigenvalue weighted by atomic mass is 16.3. The van der Waals surface area contributed by atoms with Crippen LogP contribution in [0.25, 0.3) is 0 Å². The lowest BCUT2D eigenvalue weighted by Gasteiger charge is -2.43. The third-order valence-corrected chi connectivity index (χ3v) is 7.60. The molecule has 2 aliphatic carbocycles. The van der Waals surface area contributed by atoms with Gasteiger partial charge in [0.1, 0.15) is 6.23 Å². The molecule has 0 spiro atoms. The summed E-state index contributed by atoms with van der Waals surface area (Å²) in [6.45, 7) is 6.31. The van der Waals surface area contributed by atoms with E-state index >= 15 is 0 Å². The number of hydrogen-bond acceptors (Lipinski definition) is 6. The predicted octanol–water partition coefficient (Wildman–Crippen LogP) is 2.06. The van der Waals surface area contributed by atoms with Crippen LogP contribution in [0.5, 0.6) is 0 Å². The Bertz CT molecular complexity index is 667. The minimum absolute atomic E-state index is 0.248. The van der Waals surface area contributed by atoms with Crippen LogP contribution in [0.2, 0.25) is 0 Å². The van der Waals surface area contributed by atoms with Crippen LogP contribution in [0.1, 0.15) is 56.2 Å². The lowest BCUT2D eigenvalue weighted by Crippen LogP contribution is -2.52. The molecule has 28 heavy (non-hydrogen) atoms. The Morgan fingerprint density at radius 1 is 0.893 bits per heavy atom. The van der Waals surface area contributed by atoms with Gasteiger partial charge in [-0.1, -0.05) is 12.8 Å². The van der Waals surface area contributed by atoms with Crippen LogP contribution in [0.4, 0.5) is 5.95 Å². The molecule has 0 radical (unpaired) electrons. The molecule has 1 aromatic heterocycles. The number of hydrogen-bond donors (Lipinski definition) is 1. The van der Waals surface area contributed by atoms with Crippen LogP contribution in [0.15, 0.2) is 6.20 Å². The Morgan fingerprint density at radius 3 is 2.36 bits per heavy atom. The topological polar surface area (TPSA) is 55.7 Å². The standard InChI is InChI=1S/C22H35N5O/c28-21(17-4-1-5-17)26-10-3-8-20-18(9-11-26)16-23-22(24-20)27-14-12-25(13-15-27)19-6-2-7-19/h16-17,19,21,28H,1-15H2. The predicted molar refractivity (Wildman–Crippen MR) is 110 cm³/mol. The molecule has 5 rings (SSSR count). The molecule has 3 fully saturated rings. The molecule has 6 nitrogen and oxygen atoms in total. The Kier molecular flexibility index (Phi) is 5.53. The SMILES string of the molecule is OC(C1CCC1)N1CCCc2nc(N3CCN(C4CCC4)CC3)ncc2CC1. The molecule has 0 amide bonds. The summed E-state index contributed by atoms with van der Waals surface area (Å²) in [4.78, 5) is 17.1. The van der Waals surface area contributed by atoms with Gasteiger partial charge in [0.15, 0.2) is 0 Å². The smallest absolute Gasteiger partial charge is 0.225 e. The normalized spacial score (nSPS) is 26.7. The maximum Gasteiger partial charge on any atom is 0.225 e. The van der Waals surface area contributed by atoms with Crippen molar-refractivity contribution in [2.45, 2.75) is 70.1 Å². The number of nitrogens with zero attached hydrogens (tertiary/aromatic N) is 5. The highest BCUT2D eigenvalue weighted by molar-refractivity contribution is 5.34. The lowest BCUT2D eigenvalue weighted by molar-refractivity contribution is -0.0646. The second kappa shape index (κ2) is 8.25. The molecule has 0 bridgehead atoms. The van der Waals surface area contributed by atoms with Gasteiger partial charge in [-0.2, -0.15) is 0 Å². The number of piperazine rings is 1. The summed E-state index contributed by atoms with van der Waals surface area (Å²) in [6.07, 6.45) is 12.7. The van der Waals surface area contributed by atoms with E-state index in [1.54, 1.807) is 0 Å². The van der Waals surface area contributed by atoms with Crippen molar-refractivity contribution in [1.29, 1.82) is 0 Å². The average molecular weight is 386 g/mol. The van der Waals surface area contributed by atoms with Gasteiger partial charge in [-0.15, -0.1) is 0 Å². The number of aliphatic hydroxyl groups is 1. The van der Waals surface area contributed by atoms with E-state index in [9.17, 15) is 5.11 Å². The van der Waals surface area contributed by atoms with Gasteiger partial charge < -0.3 is 10.0 Å². The van der Waals surface area contributed by atoms with Crippen molar-refractivity contribution >= 4 is 5.95 Å². The van der Waals surface area contributed by atoms with Crippen molar-refractivity contribution in [1.82, 2.24) is 19.8 Å². The Hall–Kier alpha value is -1.24. The fourth-order valence-corrected chi connectivity index (χ4v) is 5.17. The van der Waals surface area contributed by atoms with E-state index in [1.807, 2.05) is 0 Å². The Morgan fingerprint density at radius 2 is 1.68 bits per heavy atom. The zero-order valence-electron chi connectivity index (χ0n) is 17.1. The minimum atomic E-state index is -0.248. The van der Waals surface area contributed by atoms with Crippen LogP contribution in [-0.4, -0.2) is 76.4 Å². The minimum Gasteiger partial charge on any atom is -0.378 e. The molecule has 154 valence electrons. The number of anilines is 1. The van der Waals surface area contributed by atoms with Crippen LogP contribution in [-0.2, 0) is 12.8 Å². The summed E-state index contributed by atoms with van der Waals surface area (Å²) in [5, 5.41) is 10.6. The Labute approximate surface area is 168 Å². The van der Waals surface area contributed by atoms with E-state index in [2.05, 4.69) is 20.9 Å². The van der Waals surface area contributed by atoms with Crippen LogP contribution < -0.4 is 4.90 Å². The molecule has 0 aromatic carbocycles. The molecule has 3 heterocycles. The summed E-state index contributed by atoms with van der Waals surface area (Å²) < 4.78 is 0. The maximum atomic E-state index is 10.6. The van der Waals surface area contributed by atoms with Crippen LogP contribution in [0.3, 0.4) is 0 Å². The first-order valence-electron chi connectivity index (χ1n) is 11.5.